The Morgan fingerprint density at radius 2 is 1.26 bits per heavy atom. The van der Waals surface area contributed by atoms with Gasteiger partial charge in [0.15, 0.2) is 0 Å². The number of rotatable bonds is 7. The molecule has 0 saturated carbocycles. The lowest BCUT2D eigenvalue weighted by Gasteiger charge is -2.38. The number of hydrogen-bond donors (Lipinski definition) is 3. The van der Waals surface area contributed by atoms with E-state index in [0.717, 1.165) is 16.7 Å². The number of nitrogens with one attached hydrogen (secondary N) is 3. The summed E-state index contributed by atoms with van der Waals surface area (Å²) in [5.74, 6) is -0.880. The van der Waals surface area contributed by atoms with E-state index in [9.17, 15) is 9.59 Å². The van der Waals surface area contributed by atoms with Gasteiger partial charge < -0.3 is 16.0 Å². The van der Waals surface area contributed by atoms with Gasteiger partial charge in [0.25, 0.3) is 0 Å². The fourth-order valence-corrected chi connectivity index (χ4v) is 4.06. The minimum atomic E-state index is -0.803. The number of aryl methyl sites for hydroxylation is 1. The van der Waals surface area contributed by atoms with Crippen LogP contribution in [0.5, 0.6) is 0 Å². The molecule has 0 unspecified atom stereocenters. The van der Waals surface area contributed by atoms with Crippen molar-refractivity contribution in [2.75, 3.05) is 17.2 Å². The van der Waals surface area contributed by atoms with Gasteiger partial charge in [0.2, 0.25) is 0 Å². The van der Waals surface area contributed by atoms with Crippen LogP contribution in [0.3, 0.4) is 0 Å². The second kappa shape index (κ2) is 10.0. The Morgan fingerprint density at radius 3 is 1.71 bits per heavy atom. The molecule has 0 atom stereocenters. The van der Waals surface area contributed by atoms with Crippen molar-refractivity contribution in [3.05, 3.63) is 114 Å². The van der Waals surface area contributed by atoms with Crippen molar-refractivity contribution in [1.29, 1.82) is 0 Å². The molecule has 7 heteroatoms. The van der Waals surface area contributed by atoms with Gasteiger partial charge in [-0.05, 0) is 23.6 Å². The van der Waals surface area contributed by atoms with Gasteiger partial charge in [-0.1, -0.05) is 91.0 Å². The van der Waals surface area contributed by atoms with Crippen LogP contribution in [0.4, 0.5) is 11.5 Å². The number of carbonyl (C=O) groups is 2. The molecule has 4 aromatic rings. The van der Waals surface area contributed by atoms with Crippen LogP contribution in [-0.2, 0) is 22.2 Å². The number of benzene rings is 3. The number of aromatic nitrogens is 2. The predicted octanol–water partition coefficient (Wildman–Crippen LogP) is 3.90. The average molecular weight is 454 g/mol. The SMILES string of the molecule is CCNC(=O)C(=O)Nc1cnn(C)c1NC(c1ccccc1)(c1ccccc1)c1ccccc1. The average Bonchev–Trinajstić information content (AvgIpc) is 3.22. The van der Waals surface area contributed by atoms with E-state index in [1.807, 2.05) is 54.6 Å². The van der Waals surface area contributed by atoms with Crippen molar-refractivity contribution in [2.24, 2.45) is 7.05 Å². The Labute approximate surface area is 198 Å². The summed E-state index contributed by atoms with van der Waals surface area (Å²) in [4.78, 5) is 24.5. The van der Waals surface area contributed by atoms with E-state index < -0.39 is 17.4 Å². The summed E-state index contributed by atoms with van der Waals surface area (Å²) in [6.45, 7) is 2.12. The summed E-state index contributed by atoms with van der Waals surface area (Å²) in [5.41, 5.74) is 2.63. The molecule has 7 nitrogen and oxygen atoms in total. The molecule has 0 radical (unpaired) electrons. The zero-order valence-electron chi connectivity index (χ0n) is 19.2. The number of likely N-dealkylation sites (N-methyl/N-ethyl adjacent to an activating group) is 1. The zero-order chi connectivity index (χ0) is 24.0. The molecule has 0 aliphatic carbocycles. The zero-order valence-corrected chi connectivity index (χ0v) is 19.2. The minimum Gasteiger partial charge on any atom is -0.351 e. The summed E-state index contributed by atoms with van der Waals surface area (Å²) < 4.78 is 1.65. The quantitative estimate of drug-likeness (QED) is 0.293. The van der Waals surface area contributed by atoms with Crippen molar-refractivity contribution < 1.29 is 9.59 Å². The normalized spacial score (nSPS) is 11.0. The van der Waals surface area contributed by atoms with Crippen molar-refractivity contribution >= 4 is 23.3 Å². The standard InChI is InChI=1S/C27H27N5O2/c1-3-28-25(33)26(34)30-23-19-29-32(2)24(23)31-27(20-13-7-4-8-14-20,21-15-9-5-10-16-21)22-17-11-6-12-18-22/h4-19,31H,3H2,1-2H3,(H,28,33)(H,30,34). The Kier molecular flexibility index (Phi) is 6.73. The maximum Gasteiger partial charge on any atom is 0.313 e. The predicted molar refractivity (Wildman–Crippen MR) is 133 cm³/mol. The van der Waals surface area contributed by atoms with Crippen LogP contribution in [0.25, 0.3) is 0 Å². The first-order chi connectivity index (χ1) is 16.6. The van der Waals surface area contributed by atoms with E-state index in [2.05, 4.69) is 57.4 Å². The highest BCUT2D eigenvalue weighted by Gasteiger charge is 2.38. The molecule has 34 heavy (non-hydrogen) atoms. The maximum atomic E-state index is 12.5. The first-order valence-electron chi connectivity index (χ1n) is 11.1. The third-order valence-corrected chi connectivity index (χ3v) is 5.66. The largest absolute Gasteiger partial charge is 0.351 e. The van der Waals surface area contributed by atoms with E-state index in [1.54, 1.807) is 18.7 Å². The molecule has 2 amide bonds. The topological polar surface area (TPSA) is 88.1 Å². The number of nitrogens with zero attached hydrogens (tertiary/aromatic N) is 2. The number of hydrogen-bond acceptors (Lipinski definition) is 4. The van der Waals surface area contributed by atoms with Crippen LogP contribution in [-0.4, -0.2) is 28.1 Å². The van der Waals surface area contributed by atoms with Gasteiger partial charge in [0, 0.05) is 13.6 Å². The molecule has 0 spiro atoms. The summed E-state index contributed by atoms with van der Waals surface area (Å²) in [6, 6.07) is 30.3. The van der Waals surface area contributed by atoms with Gasteiger partial charge in [-0.3, -0.25) is 14.3 Å². The molecule has 3 N–H and O–H groups in total. The minimum absolute atomic E-state index is 0.365. The highest BCUT2D eigenvalue weighted by atomic mass is 16.2. The smallest absolute Gasteiger partial charge is 0.313 e. The Morgan fingerprint density at radius 1 is 0.794 bits per heavy atom. The maximum absolute atomic E-state index is 12.5. The van der Waals surface area contributed by atoms with Gasteiger partial charge in [0.05, 0.1) is 6.20 Å². The lowest BCUT2D eigenvalue weighted by atomic mass is 9.77. The summed E-state index contributed by atoms with van der Waals surface area (Å²) in [7, 11) is 1.79. The lowest BCUT2D eigenvalue weighted by molar-refractivity contribution is -0.136. The number of carbonyl (C=O) groups excluding carboxylic acids is 2. The number of anilines is 2. The third kappa shape index (κ3) is 4.41. The van der Waals surface area contributed by atoms with Crippen LogP contribution in [0.1, 0.15) is 23.6 Å². The molecule has 1 heterocycles. The molecule has 0 fully saturated rings. The van der Waals surface area contributed by atoms with E-state index in [0.29, 0.717) is 18.1 Å². The molecular formula is C27H27N5O2. The molecule has 0 saturated heterocycles. The fraction of sp³-hybridized carbons (Fsp3) is 0.148. The molecule has 172 valence electrons. The summed E-state index contributed by atoms with van der Waals surface area (Å²) in [5, 5.41) is 13.3. The monoisotopic (exact) mass is 453 g/mol. The molecule has 4 rings (SSSR count). The second-order valence-electron chi connectivity index (χ2n) is 7.82. The first kappa shape index (κ1) is 22.8. The molecular weight excluding hydrogens is 426 g/mol. The van der Waals surface area contributed by atoms with Crippen LogP contribution in [0, 0.1) is 0 Å². The van der Waals surface area contributed by atoms with Crippen LogP contribution < -0.4 is 16.0 Å². The van der Waals surface area contributed by atoms with E-state index in [4.69, 9.17) is 0 Å². The van der Waals surface area contributed by atoms with E-state index in [1.165, 1.54) is 6.20 Å². The van der Waals surface area contributed by atoms with Crippen molar-refractivity contribution in [2.45, 2.75) is 12.5 Å². The third-order valence-electron chi connectivity index (χ3n) is 5.66. The molecule has 0 bridgehead atoms. The van der Waals surface area contributed by atoms with Gasteiger partial charge in [0.1, 0.15) is 17.0 Å². The van der Waals surface area contributed by atoms with Crippen molar-refractivity contribution in [3.8, 4) is 0 Å². The van der Waals surface area contributed by atoms with Gasteiger partial charge in [-0.15, -0.1) is 0 Å². The van der Waals surface area contributed by atoms with Crippen LogP contribution in [0.2, 0.25) is 0 Å². The highest BCUT2D eigenvalue weighted by Crippen LogP contribution is 2.41. The van der Waals surface area contributed by atoms with Crippen LogP contribution in [0.15, 0.2) is 97.2 Å². The van der Waals surface area contributed by atoms with Gasteiger partial charge in [-0.25, -0.2) is 0 Å². The Bertz CT molecular complexity index is 1160. The molecule has 3 aromatic carbocycles. The van der Waals surface area contributed by atoms with Crippen molar-refractivity contribution in [3.63, 3.8) is 0 Å². The fourth-order valence-electron chi connectivity index (χ4n) is 4.06. The highest BCUT2D eigenvalue weighted by molar-refractivity contribution is 6.39. The first-order valence-corrected chi connectivity index (χ1v) is 11.1. The van der Waals surface area contributed by atoms with E-state index >= 15 is 0 Å². The van der Waals surface area contributed by atoms with Gasteiger partial charge in [-0.2, -0.15) is 5.10 Å². The molecule has 0 aliphatic rings. The Balaban J connectivity index is 1.88. The molecule has 0 aliphatic heterocycles. The van der Waals surface area contributed by atoms with Gasteiger partial charge >= 0.3 is 11.8 Å². The summed E-state index contributed by atoms with van der Waals surface area (Å²) >= 11 is 0. The van der Waals surface area contributed by atoms with E-state index in [-0.39, 0.29) is 0 Å². The summed E-state index contributed by atoms with van der Waals surface area (Å²) in [6.07, 6.45) is 1.53. The Hall–Kier alpha value is -4.39. The van der Waals surface area contributed by atoms with Crippen molar-refractivity contribution in [1.82, 2.24) is 15.1 Å². The molecule has 1 aromatic heterocycles. The lowest BCUT2D eigenvalue weighted by Crippen LogP contribution is -2.39. The van der Waals surface area contributed by atoms with Crippen LogP contribution >= 0.6 is 0 Å². The second-order valence-corrected chi connectivity index (χ2v) is 7.82. The number of amides is 2.